The average molecular weight is 358 g/mol. The van der Waals surface area contributed by atoms with Gasteiger partial charge in [0.2, 0.25) is 0 Å². The van der Waals surface area contributed by atoms with Crippen molar-refractivity contribution in [2.75, 3.05) is 39.8 Å². The number of hydrogen-bond donors (Lipinski definition) is 1. The molecule has 0 radical (unpaired) electrons. The van der Waals surface area contributed by atoms with Crippen LogP contribution in [0.4, 0.5) is 0 Å². The maximum absolute atomic E-state index is 12.5. The van der Waals surface area contributed by atoms with E-state index in [1.54, 1.807) is 0 Å². The number of thiophene rings is 1. The molecule has 1 aliphatic rings. The minimum atomic E-state index is 0.0777. The van der Waals surface area contributed by atoms with Crippen LogP contribution in [0.25, 0.3) is 0 Å². The van der Waals surface area contributed by atoms with Crippen LogP contribution in [0.5, 0.6) is 0 Å². The number of nitrogens with one attached hydrogen (secondary N) is 1. The van der Waals surface area contributed by atoms with Crippen molar-refractivity contribution < 1.29 is 14.5 Å². The molecule has 0 aliphatic carbocycles. The molecule has 3 rings (SSSR count). The first-order chi connectivity index (χ1) is 12.1. The Morgan fingerprint density at radius 2 is 1.68 bits per heavy atom. The largest absolute Gasteiger partial charge is 0.334 e. The van der Waals surface area contributed by atoms with E-state index in [2.05, 4.69) is 12.1 Å². The zero-order valence-corrected chi connectivity index (χ0v) is 15.3. The van der Waals surface area contributed by atoms with Crippen molar-refractivity contribution in [1.82, 2.24) is 9.80 Å². The summed E-state index contributed by atoms with van der Waals surface area (Å²) in [6, 6.07) is 14.0. The Morgan fingerprint density at radius 1 is 1.00 bits per heavy atom. The zero-order chi connectivity index (χ0) is 17.6. The molecular weight excluding hydrogens is 334 g/mol. The lowest BCUT2D eigenvalue weighted by Gasteiger charge is -2.34. The molecule has 132 valence electrons. The van der Waals surface area contributed by atoms with E-state index in [1.807, 2.05) is 52.6 Å². The molecule has 0 spiro atoms. The van der Waals surface area contributed by atoms with Crippen LogP contribution in [-0.2, 0) is 11.3 Å². The van der Waals surface area contributed by atoms with E-state index in [0.717, 1.165) is 11.4 Å². The number of rotatable bonds is 5. The topological polar surface area (TPSA) is 45.1 Å². The van der Waals surface area contributed by atoms with E-state index in [4.69, 9.17) is 0 Å². The molecule has 2 amide bonds. The first kappa shape index (κ1) is 17.6. The van der Waals surface area contributed by atoms with Crippen LogP contribution in [0.3, 0.4) is 0 Å². The smallest absolute Gasteiger partial charge is 0.277 e. The van der Waals surface area contributed by atoms with Gasteiger partial charge in [-0.3, -0.25) is 9.59 Å². The maximum atomic E-state index is 12.5. The van der Waals surface area contributed by atoms with Gasteiger partial charge in [0.05, 0.1) is 11.9 Å². The van der Waals surface area contributed by atoms with E-state index in [9.17, 15) is 9.59 Å². The number of piperazine rings is 1. The number of quaternary nitrogens is 1. The number of carbonyl (C=O) groups is 2. The van der Waals surface area contributed by atoms with E-state index in [-0.39, 0.29) is 11.8 Å². The monoisotopic (exact) mass is 358 g/mol. The Kier molecular flexibility index (Phi) is 5.83. The van der Waals surface area contributed by atoms with Gasteiger partial charge in [-0.05, 0) is 11.4 Å². The van der Waals surface area contributed by atoms with Gasteiger partial charge in [-0.15, -0.1) is 11.3 Å². The van der Waals surface area contributed by atoms with Gasteiger partial charge in [0.25, 0.3) is 11.8 Å². The third kappa shape index (κ3) is 4.67. The Balaban J connectivity index is 1.46. The van der Waals surface area contributed by atoms with Crippen molar-refractivity contribution in [2.24, 2.45) is 0 Å². The number of likely N-dealkylation sites (N-methyl/N-ethyl adjacent to an activating group) is 1. The van der Waals surface area contributed by atoms with Crippen LogP contribution in [0.2, 0.25) is 0 Å². The first-order valence-electron chi connectivity index (χ1n) is 8.59. The predicted molar refractivity (Wildman–Crippen MR) is 98.7 cm³/mol. The number of nitrogens with zero attached hydrogens (tertiary/aromatic N) is 2. The highest BCUT2D eigenvalue weighted by Crippen LogP contribution is 2.13. The third-order valence-corrected chi connectivity index (χ3v) is 5.31. The average Bonchev–Trinajstić information content (AvgIpc) is 3.16. The highest BCUT2D eigenvalue weighted by Gasteiger charge is 2.26. The Labute approximate surface area is 152 Å². The van der Waals surface area contributed by atoms with Crippen molar-refractivity contribution in [3.63, 3.8) is 0 Å². The van der Waals surface area contributed by atoms with Crippen LogP contribution in [0.15, 0.2) is 47.8 Å². The van der Waals surface area contributed by atoms with E-state index >= 15 is 0 Å². The van der Waals surface area contributed by atoms with Gasteiger partial charge in [0.1, 0.15) is 6.54 Å². The summed E-state index contributed by atoms with van der Waals surface area (Å²) in [7, 11) is 2.04. The second kappa shape index (κ2) is 8.27. The molecule has 25 heavy (non-hydrogen) atoms. The molecule has 1 N–H and O–H groups in total. The molecule has 2 aromatic rings. The van der Waals surface area contributed by atoms with Crippen molar-refractivity contribution in [3.8, 4) is 0 Å². The molecule has 1 aliphatic heterocycles. The molecule has 1 fully saturated rings. The Hall–Kier alpha value is -2.18. The summed E-state index contributed by atoms with van der Waals surface area (Å²) in [6.45, 7) is 3.78. The lowest BCUT2D eigenvalue weighted by atomic mass is 10.2. The Morgan fingerprint density at radius 3 is 2.32 bits per heavy atom. The fraction of sp³-hybridized carbons (Fsp3) is 0.368. The quantitative estimate of drug-likeness (QED) is 0.857. The second-order valence-electron chi connectivity index (χ2n) is 6.45. The fourth-order valence-electron chi connectivity index (χ4n) is 3.09. The van der Waals surface area contributed by atoms with Gasteiger partial charge in [0, 0.05) is 31.7 Å². The van der Waals surface area contributed by atoms with Gasteiger partial charge >= 0.3 is 0 Å². The number of benzene rings is 1. The van der Waals surface area contributed by atoms with E-state index in [0.29, 0.717) is 32.7 Å². The van der Waals surface area contributed by atoms with Crippen molar-refractivity contribution in [2.45, 2.75) is 6.54 Å². The van der Waals surface area contributed by atoms with Crippen molar-refractivity contribution in [1.29, 1.82) is 0 Å². The number of amides is 2. The van der Waals surface area contributed by atoms with Gasteiger partial charge in [-0.2, -0.15) is 0 Å². The Bertz CT molecular complexity index is 695. The molecule has 1 saturated heterocycles. The second-order valence-corrected chi connectivity index (χ2v) is 7.39. The minimum Gasteiger partial charge on any atom is -0.334 e. The summed E-state index contributed by atoms with van der Waals surface area (Å²) in [4.78, 5) is 30.5. The molecule has 0 bridgehead atoms. The van der Waals surface area contributed by atoms with E-state index < -0.39 is 0 Å². The number of carbonyl (C=O) groups excluding carboxylic acids is 2. The van der Waals surface area contributed by atoms with Crippen LogP contribution < -0.4 is 4.90 Å². The zero-order valence-electron chi connectivity index (χ0n) is 14.5. The SMILES string of the molecule is C[NH+](CC(=O)N1CCN(C(=O)c2cccs2)CC1)Cc1ccccc1. The van der Waals surface area contributed by atoms with E-state index in [1.165, 1.54) is 21.8 Å². The molecule has 2 heterocycles. The summed E-state index contributed by atoms with van der Waals surface area (Å²) < 4.78 is 0. The highest BCUT2D eigenvalue weighted by molar-refractivity contribution is 7.12. The van der Waals surface area contributed by atoms with Crippen molar-refractivity contribution >= 4 is 23.2 Å². The highest BCUT2D eigenvalue weighted by atomic mass is 32.1. The van der Waals surface area contributed by atoms with Gasteiger partial charge in [-0.1, -0.05) is 36.4 Å². The molecular formula is C19H24N3O2S+. The van der Waals surface area contributed by atoms with Crippen LogP contribution in [0.1, 0.15) is 15.2 Å². The summed E-state index contributed by atoms with van der Waals surface area (Å²) in [6.07, 6.45) is 0. The summed E-state index contributed by atoms with van der Waals surface area (Å²) in [5.74, 6) is 0.241. The minimum absolute atomic E-state index is 0.0777. The maximum Gasteiger partial charge on any atom is 0.277 e. The van der Waals surface area contributed by atoms with Gasteiger partial charge < -0.3 is 14.7 Å². The lowest BCUT2D eigenvalue weighted by Crippen LogP contribution is -3.09. The van der Waals surface area contributed by atoms with Crippen LogP contribution in [-0.4, -0.2) is 61.4 Å². The van der Waals surface area contributed by atoms with Crippen molar-refractivity contribution in [3.05, 3.63) is 58.3 Å². The molecule has 5 nitrogen and oxygen atoms in total. The van der Waals surface area contributed by atoms with Crippen LogP contribution >= 0.6 is 11.3 Å². The molecule has 6 heteroatoms. The lowest BCUT2D eigenvalue weighted by molar-refractivity contribution is -0.885. The standard InChI is InChI=1S/C19H23N3O2S/c1-20(14-16-6-3-2-4-7-16)15-18(23)21-9-11-22(12-10-21)19(24)17-8-5-13-25-17/h2-8,13H,9-12,14-15H2,1H3/p+1. The van der Waals surface area contributed by atoms with Crippen LogP contribution in [0, 0.1) is 0 Å². The first-order valence-corrected chi connectivity index (χ1v) is 9.47. The summed E-state index contributed by atoms with van der Waals surface area (Å²) >= 11 is 1.47. The van der Waals surface area contributed by atoms with Gasteiger partial charge in [-0.25, -0.2) is 0 Å². The molecule has 1 atom stereocenters. The normalized spacial score (nSPS) is 15.9. The predicted octanol–water partition coefficient (Wildman–Crippen LogP) is 0.747. The molecule has 1 unspecified atom stereocenters. The molecule has 1 aromatic carbocycles. The van der Waals surface area contributed by atoms with Gasteiger partial charge in [0.15, 0.2) is 6.54 Å². The summed E-state index contributed by atoms with van der Waals surface area (Å²) in [5, 5.41) is 1.92. The third-order valence-electron chi connectivity index (χ3n) is 4.45. The fourth-order valence-corrected chi connectivity index (χ4v) is 3.78. The molecule has 1 aromatic heterocycles. The summed E-state index contributed by atoms with van der Waals surface area (Å²) in [5.41, 5.74) is 1.24. The number of hydrogen-bond acceptors (Lipinski definition) is 3. The molecule has 0 saturated carbocycles.